The number of nitrogens with two attached hydrogens (primary N) is 1. The molecular weight excluding hydrogens is 507 g/mol. The third kappa shape index (κ3) is 4.67. The summed E-state index contributed by atoms with van der Waals surface area (Å²) in [6.45, 7) is 2.26. The number of rotatable bonds is 6. The molecule has 1 aliphatic heterocycles. The zero-order chi connectivity index (χ0) is 27.4. The van der Waals surface area contributed by atoms with Crippen molar-refractivity contribution in [2.75, 3.05) is 20.2 Å². The monoisotopic (exact) mass is 533 g/mol. The molecule has 4 N–H and O–H groups in total. The van der Waals surface area contributed by atoms with E-state index in [0.717, 1.165) is 6.07 Å². The van der Waals surface area contributed by atoms with Crippen molar-refractivity contribution in [1.29, 1.82) is 0 Å². The number of nitrogens with one attached hydrogen (secondary N) is 1. The predicted molar refractivity (Wildman–Crippen MR) is 128 cm³/mol. The fourth-order valence-electron chi connectivity index (χ4n) is 4.56. The normalized spacial score (nSPS) is 19.4. The average molecular weight is 534 g/mol. The first-order chi connectivity index (χ1) is 17.9. The molecule has 0 unspecified atom stereocenters. The van der Waals surface area contributed by atoms with Crippen LogP contribution in [0.3, 0.4) is 0 Å². The van der Waals surface area contributed by atoms with Crippen LogP contribution in [0.15, 0.2) is 28.7 Å². The molecule has 13 heteroatoms. The minimum Gasteiger partial charge on any atom is -0.494 e. The second kappa shape index (κ2) is 9.24. The van der Waals surface area contributed by atoms with Crippen LogP contribution in [0.4, 0.5) is 13.2 Å². The van der Waals surface area contributed by atoms with Crippen LogP contribution in [0, 0.1) is 0 Å². The minimum absolute atomic E-state index is 0.0177. The molecule has 2 amide bonds. The van der Waals surface area contributed by atoms with Gasteiger partial charge in [0.1, 0.15) is 22.6 Å². The van der Waals surface area contributed by atoms with Gasteiger partial charge in [0, 0.05) is 30.1 Å². The van der Waals surface area contributed by atoms with Crippen LogP contribution in [0.2, 0.25) is 0 Å². The van der Waals surface area contributed by atoms with Crippen molar-refractivity contribution in [3.05, 3.63) is 41.4 Å². The lowest BCUT2D eigenvalue weighted by molar-refractivity contribution is -0.141. The summed E-state index contributed by atoms with van der Waals surface area (Å²) in [6.07, 6.45) is -3.28. The first-order valence-corrected chi connectivity index (χ1v) is 12.1. The summed E-state index contributed by atoms with van der Waals surface area (Å²) in [5.41, 5.74) is 3.88. The largest absolute Gasteiger partial charge is 0.494 e. The Morgan fingerprint density at radius 3 is 2.63 bits per heavy atom. The molecule has 5 rings (SSSR count). The molecule has 1 saturated heterocycles. The lowest BCUT2D eigenvalue weighted by atomic mass is 10.1. The number of hydrogen-bond acceptors (Lipinski definition) is 8. The van der Waals surface area contributed by atoms with Gasteiger partial charge in [-0.2, -0.15) is 13.2 Å². The first-order valence-electron chi connectivity index (χ1n) is 12.1. The maximum absolute atomic E-state index is 13.3. The maximum atomic E-state index is 13.3. The van der Waals surface area contributed by atoms with Crippen molar-refractivity contribution in [2.24, 2.45) is 5.73 Å². The molecule has 1 aromatic carbocycles. The highest BCUT2D eigenvalue weighted by Crippen LogP contribution is 2.39. The number of amides is 2. The van der Waals surface area contributed by atoms with Gasteiger partial charge in [-0.1, -0.05) is 0 Å². The highest BCUT2D eigenvalue weighted by Gasteiger charge is 2.51. The Hall–Kier alpha value is -3.71. The summed E-state index contributed by atoms with van der Waals surface area (Å²) in [7, 11) is 1.32. The third-order valence-electron chi connectivity index (χ3n) is 6.78. The molecule has 3 heterocycles. The standard InChI is InChI=1S/C25H26F3N5O5/c1-12(29)20-19(21(34)30-13-7-10-33(11-13)23(35)24(36)8-9-24)32-22(38-20)15-3-5-16(37-2)18-14(15)4-6-17(31-18)25(26,27)28/h3-6,12-13,36H,7-11,29H2,1-2H3,(H,30,34)/t12-,13+/m0/s1. The molecule has 3 aromatic rings. The number of benzene rings is 1. The predicted octanol–water partition coefficient (Wildman–Crippen LogP) is 2.79. The number of methoxy groups -OCH3 is 1. The number of carbonyl (C=O) groups is 2. The molecule has 0 radical (unpaired) electrons. The van der Waals surface area contributed by atoms with E-state index >= 15 is 0 Å². The van der Waals surface area contributed by atoms with Crippen LogP contribution in [0.5, 0.6) is 5.75 Å². The summed E-state index contributed by atoms with van der Waals surface area (Å²) >= 11 is 0. The number of halogens is 3. The number of nitrogens with zero attached hydrogens (tertiary/aromatic N) is 3. The summed E-state index contributed by atoms with van der Waals surface area (Å²) in [5, 5.41) is 13.2. The second-order valence-corrected chi connectivity index (χ2v) is 9.67. The fourth-order valence-corrected chi connectivity index (χ4v) is 4.56. The van der Waals surface area contributed by atoms with Crippen LogP contribution in [0.25, 0.3) is 22.4 Å². The van der Waals surface area contributed by atoms with Gasteiger partial charge in [-0.3, -0.25) is 9.59 Å². The van der Waals surface area contributed by atoms with Crippen molar-refractivity contribution in [1.82, 2.24) is 20.2 Å². The van der Waals surface area contributed by atoms with E-state index in [1.165, 1.54) is 24.1 Å². The molecule has 10 nitrogen and oxygen atoms in total. The Balaban J connectivity index is 1.44. The average Bonchev–Trinajstić information content (AvgIpc) is 3.27. The van der Waals surface area contributed by atoms with E-state index in [4.69, 9.17) is 14.9 Å². The van der Waals surface area contributed by atoms with E-state index in [0.29, 0.717) is 31.4 Å². The van der Waals surface area contributed by atoms with Gasteiger partial charge < -0.3 is 30.2 Å². The van der Waals surface area contributed by atoms with Crippen molar-refractivity contribution in [2.45, 2.75) is 50.0 Å². The molecule has 1 aliphatic carbocycles. The Morgan fingerprint density at radius 2 is 2.00 bits per heavy atom. The van der Waals surface area contributed by atoms with Gasteiger partial charge in [0.25, 0.3) is 11.8 Å². The number of alkyl halides is 3. The van der Waals surface area contributed by atoms with Gasteiger partial charge in [0.05, 0.1) is 13.2 Å². The van der Waals surface area contributed by atoms with Gasteiger partial charge in [-0.05, 0) is 50.5 Å². The lowest BCUT2D eigenvalue weighted by Crippen LogP contribution is -2.42. The molecule has 0 bridgehead atoms. The summed E-state index contributed by atoms with van der Waals surface area (Å²) in [6, 6.07) is 4.01. The highest BCUT2D eigenvalue weighted by atomic mass is 19.4. The molecule has 2 atom stereocenters. The molecule has 38 heavy (non-hydrogen) atoms. The lowest BCUT2D eigenvalue weighted by Gasteiger charge is -2.20. The topological polar surface area (TPSA) is 144 Å². The number of fused-ring (bicyclic) bond motifs is 1. The number of aromatic nitrogens is 2. The number of aliphatic hydroxyl groups is 1. The van der Waals surface area contributed by atoms with Gasteiger partial charge in [-0.25, -0.2) is 9.97 Å². The van der Waals surface area contributed by atoms with E-state index in [1.807, 2.05) is 0 Å². The van der Waals surface area contributed by atoms with E-state index < -0.39 is 29.4 Å². The van der Waals surface area contributed by atoms with E-state index in [-0.39, 0.29) is 52.5 Å². The molecule has 0 spiro atoms. The zero-order valence-electron chi connectivity index (χ0n) is 20.6. The van der Waals surface area contributed by atoms with Crippen LogP contribution < -0.4 is 15.8 Å². The highest BCUT2D eigenvalue weighted by molar-refractivity contribution is 5.98. The maximum Gasteiger partial charge on any atom is 0.433 e. The third-order valence-corrected chi connectivity index (χ3v) is 6.78. The van der Waals surface area contributed by atoms with Gasteiger partial charge in [0.15, 0.2) is 11.5 Å². The smallest absolute Gasteiger partial charge is 0.433 e. The van der Waals surface area contributed by atoms with Crippen molar-refractivity contribution in [3.63, 3.8) is 0 Å². The molecule has 202 valence electrons. The van der Waals surface area contributed by atoms with E-state index in [9.17, 15) is 27.9 Å². The zero-order valence-corrected chi connectivity index (χ0v) is 20.6. The van der Waals surface area contributed by atoms with Crippen LogP contribution >= 0.6 is 0 Å². The molecule has 2 aromatic heterocycles. The van der Waals surface area contributed by atoms with Crippen molar-refractivity contribution in [3.8, 4) is 17.2 Å². The van der Waals surface area contributed by atoms with Gasteiger partial charge in [0.2, 0.25) is 5.89 Å². The molecule has 2 fully saturated rings. The summed E-state index contributed by atoms with van der Waals surface area (Å²) in [5.74, 6) is -0.687. The Bertz CT molecular complexity index is 1420. The quantitative estimate of drug-likeness (QED) is 0.439. The number of likely N-dealkylation sites (tertiary alicyclic amines) is 1. The van der Waals surface area contributed by atoms with Crippen molar-refractivity contribution >= 4 is 22.7 Å². The van der Waals surface area contributed by atoms with E-state index in [1.54, 1.807) is 13.0 Å². The van der Waals surface area contributed by atoms with Crippen molar-refractivity contribution < 1.29 is 37.0 Å². The SMILES string of the molecule is COc1ccc(-c2nc(C(=O)N[C@@H]3CCN(C(=O)C4(O)CC4)C3)c([C@H](C)N)o2)c2ccc(C(F)(F)F)nc12. The number of carbonyl (C=O) groups excluding carboxylic acids is 2. The fraction of sp³-hybridized carbons (Fsp3) is 0.440. The number of hydrogen-bond donors (Lipinski definition) is 3. The van der Waals surface area contributed by atoms with Crippen LogP contribution in [0.1, 0.15) is 54.2 Å². The first kappa shape index (κ1) is 25.9. The Morgan fingerprint density at radius 1 is 1.26 bits per heavy atom. The minimum atomic E-state index is -4.65. The molecule has 1 saturated carbocycles. The molecule has 2 aliphatic rings. The van der Waals surface area contributed by atoms with Gasteiger partial charge in [-0.15, -0.1) is 0 Å². The van der Waals surface area contributed by atoms with E-state index in [2.05, 4.69) is 15.3 Å². The Labute approximate surface area is 215 Å². The summed E-state index contributed by atoms with van der Waals surface area (Å²) in [4.78, 5) is 35.2. The number of ether oxygens (including phenoxy) is 1. The van der Waals surface area contributed by atoms with Gasteiger partial charge >= 0.3 is 6.18 Å². The number of pyridine rings is 1. The second-order valence-electron chi connectivity index (χ2n) is 9.67. The van der Waals surface area contributed by atoms with Crippen LogP contribution in [-0.2, 0) is 11.0 Å². The molecular formula is C25H26F3N5O5. The Kier molecular flexibility index (Phi) is 6.30. The van der Waals surface area contributed by atoms with Crippen LogP contribution in [-0.4, -0.2) is 63.6 Å². The number of oxazole rings is 1. The summed E-state index contributed by atoms with van der Waals surface area (Å²) < 4.78 is 50.9.